The van der Waals surface area contributed by atoms with Crippen LogP contribution in [0.1, 0.15) is 25.7 Å². The lowest BCUT2D eigenvalue weighted by Gasteiger charge is -2.27. The zero-order valence-corrected chi connectivity index (χ0v) is 8.62. The van der Waals surface area contributed by atoms with Gasteiger partial charge >= 0.3 is 0 Å². The van der Waals surface area contributed by atoms with Gasteiger partial charge in [-0.25, -0.2) is 0 Å². The highest BCUT2D eigenvalue weighted by molar-refractivity contribution is 14.1. The second-order valence-electron chi connectivity index (χ2n) is 3.57. The Balaban J connectivity index is 1.87. The van der Waals surface area contributed by atoms with Gasteiger partial charge in [-0.1, -0.05) is 0 Å². The van der Waals surface area contributed by atoms with Crippen LogP contribution in [0, 0.1) is 5.92 Å². The molecule has 2 unspecified atom stereocenters. The van der Waals surface area contributed by atoms with Gasteiger partial charge in [-0.15, -0.1) is 0 Å². The molecular weight excluding hydrogens is 255 g/mol. The van der Waals surface area contributed by atoms with E-state index in [0.29, 0.717) is 12.2 Å². The smallest absolute Gasteiger partial charge is 0.109 e. The molecule has 2 saturated heterocycles. The van der Waals surface area contributed by atoms with Crippen molar-refractivity contribution in [3.8, 4) is 0 Å². The van der Waals surface area contributed by atoms with Crippen LogP contribution >= 0.6 is 23.0 Å². The van der Waals surface area contributed by atoms with Crippen molar-refractivity contribution >= 4 is 23.0 Å². The van der Waals surface area contributed by atoms with Crippen LogP contribution in [0.2, 0.25) is 0 Å². The minimum Gasteiger partial charge on any atom is -0.375 e. The lowest BCUT2D eigenvalue weighted by molar-refractivity contribution is -0.0254. The third kappa shape index (κ3) is 1.87. The molecule has 3 heteroatoms. The van der Waals surface area contributed by atoms with Crippen molar-refractivity contribution < 1.29 is 7.80 Å². The molecule has 2 atom stereocenters. The maximum absolute atomic E-state index is 5.72. The quantitative estimate of drug-likeness (QED) is 0.715. The number of hydrogen-bond donors (Lipinski definition) is 0. The summed E-state index contributed by atoms with van der Waals surface area (Å²) < 4.78 is 10.8. The Bertz CT molecular complexity index is 128. The van der Waals surface area contributed by atoms with Gasteiger partial charge in [0, 0.05) is 0 Å². The van der Waals surface area contributed by atoms with Crippen LogP contribution in [0.5, 0.6) is 0 Å². The molecule has 0 radical (unpaired) electrons. The molecule has 0 saturated carbocycles. The van der Waals surface area contributed by atoms with Crippen molar-refractivity contribution in [1.82, 2.24) is 0 Å². The summed E-state index contributed by atoms with van der Waals surface area (Å²) >= 11 is 1.98. The van der Waals surface area contributed by atoms with Crippen LogP contribution in [-0.2, 0) is 7.80 Å². The zero-order valence-electron chi connectivity index (χ0n) is 6.46. The highest BCUT2D eigenvalue weighted by Crippen LogP contribution is 2.35. The van der Waals surface area contributed by atoms with E-state index < -0.39 is 0 Å². The number of ether oxygens (including phenoxy) is 1. The van der Waals surface area contributed by atoms with Crippen LogP contribution in [0.15, 0.2) is 0 Å². The standard InChI is InChI=1S/C8H13IO2/c9-10-5-6-3-7-1-2-8(4-6)11-7/h6-8H,1-5H2. The molecule has 11 heavy (non-hydrogen) atoms. The fraction of sp³-hybridized carbons (Fsp3) is 1.00. The van der Waals surface area contributed by atoms with Gasteiger partial charge < -0.3 is 7.80 Å². The molecule has 0 aromatic heterocycles. The second kappa shape index (κ2) is 3.58. The molecule has 0 spiro atoms. The molecule has 0 aliphatic carbocycles. The topological polar surface area (TPSA) is 18.5 Å². The van der Waals surface area contributed by atoms with Gasteiger partial charge in [-0.3, -0.25) is 0 Å². The van der Waals surface area contributed by atoms with E-state index in [0.717, 1.165) is 12.5 Å². The Morgan fingerprint density at radius 3 is 2.45 bits per heavy atom. The number of fused-ring (bicyclic) bond motifs is 2. The molecule has 0 N–H and O–H groups in total. The lowest BCUT2D eigenvalue weighted by atomic mass is 9.97. The molecule has 0 amide bonds. The summed E-state index contributed by atoms with van der Waals surface area (Å²) in [4.78, 5) is 0. The van der Waals surface area contributed by atoms with Crippen molar-refractivity contribution in [1.29, 1.82) is 0 Å². The number of halogens is 1. The third-order valence-corrected chi connectivity index (χ3v) is 3.05. The molecule has 0 aromatic rings. The molecule has 2 nitrogen and oxygen atoms in total. The summed E-state index contributed by atoms with van der Waals surface area (Å²) in [6.07, 6.45) is 6.12. The zero-order chi connectivity index (χ0) is 7.68. The summed E-state index contributed by atoms with van der Waals surface area (Å²) in [5, 5.41) is 0. The molecule has 2 heterocycles. The van der Waals surface area contributed by atoms with E-state index in [1.54, 1.807) is 0 Å². The van der Waals surface area contributed by atoms with E-state index >= 15 is 0 Å². The van der Waals surface area contributed by atoms with Crippen LogP contribution in [-0.4, -0.2) is 18.8 Å². The Labute approximate surface area is 81.3 Å². The van der Waals surface area contributed by atoms with Gasteiger partial charge in [0.05, 0.1) is 18.8 Å². The Morgan fingerprint density at radius 2 is 1.91 bits per heavy atom. The van der Waals surface area contributed by atoms with E-state index in [1.807, 2.05) is 23.0 Å². The average Bonchev–Trinajstić information content (AvgIpc) is 2.32. The minimum atomic E-state index is 0.560. The molecule has 2 rings (SSSR count). The predicted octanol–water partition coefficient (Wildman–Crippen LogP) is 2.31. The first-order valence-corrected chi connectivity index (χ1v) is 5.15. The SMILES string of the molecule is IOCC1CC2CCC(C1)O2. The van der Waals surface area contributed by atoms with E-state index in [9.17, 15) is 0 Å². The minimum absolute atomic E-state index is 0.560. The predicted molar refractivity (Wildman–Crippen MR) is 50.6 cm³/mol. The van der Waals surface area contributed by atoms with Gasteiger partial charge in [-0.2, -0.15) is 0 Å². The summed E-state index contributed by atoms with van der Waals surface area (Å²) in [5.41, 5.74) is 0. The van der Waals surface area contributed by atoms with Crippen LogP contribution in [0.25, 0.3) is 0 Å². The van der Waals surface area contributed by atoms with Crippen molar-refractivity contribution in [2.45, 2.75) is 37.9 Å². The Kier molecular flexibility index (Phi) is 2.69. The van der Waals surface area contributed by atoms with Crippen molar-refractivity contribution in [2.24, 2.45) is 5.92 Å². The molecule has 64 valence electrons. The Morgan fingerprint density at radius 1 is 1.27 bits per heavy atom. The van der Waals surface area contributed by atoms with Crippen LogP contribution < -0.4 is 0 Å². The van der Waals surface area contributed by atoms with E-state index in [1.165, 1.54) is 25.7 Å². The molecule has 2 fully saturated rings. The molecular formula is C8H13IO2. The highest BCUT2D eigenvalue weighted by Gasteiger charge is 2.34. The third-order valence-electron chi connectivity index (χ3n) is 2.69. The highest BCUT2D eigenvalue weighted by atomic mass is 127. The maximum atomic E-state index is 5.72. The first kappa shape index (κ1) is 8.26. The monoisotopic (exact) mass is 268 g/mol. The molecule has 2 aliphatic rings. The molecule has 2 bridgehead atoms. The molecule has 0 aromatic carbocycles. The Hall–Kier alpha value is 0.650. The largest absolute Gasteiger partial charge is 0.375 e. The normalized spacial score (nSPS) is 42.8. The van der Waals surface area contributed by atoms with Crippen molar-refractivity contribution in [2.75, 3.05) is 6.61 Å². The molecule has 2 aliphatic heterocycles. The first-order chi connectivity index (χ1) is 5.38. The lowest BCUT2D eigenvalue weighted by Crippen LogP contribution is -2.26. The summed E-state index contributed by atoms with van der Waals surface area (Å²) in [5.74, 6) is 0.762. The number of rotatable bonds is 2. The van der Waals surface area contributed by atoms with Crippen LogP contribution in [0.4, 0.5) is 0 Å². The summed E-state index contributed by atoms with van der Waals surface area (Å²) in [6, 6.07) is 0. The van der Waals surface area contributed by atoms with Gasteiger partial charge in [0.2, 0.25) is 0 Å². The second-order valence-corrected chi connectivity index (χ2v) is 4.19. The van der Waals surface area contributed by atoms with E-state index in [-0.39, 0.29) is 0 Å². The fourth-order valence-corrected chi connectivity index (χ4v) is 2.70. The van der Waals surface area contributed by atoms with E-state index in [4.69, 9.17) is 7.80 Å². The van der Waals surface area contributed by atoms with E-state index in [2.05, 4.69) is 0 Å². The number of hydrogen-bond acceptors (Lipinski definition) is 2. The van der Waals surface area contributed by atoms with Crippen molar-refractivity contribution in [3.63, 3.8) is 0 Å². The summed E-state index contributed by atoms with van der Waals surface area (Å²) in [7, 11) is 0. The van der Waals surface area contributed by atoms with Crippen molar-refractivity contribution in [3.05, 3.63) is 0 Å². The van der Waals surface area contributed by atoms with Gasteiger partial charge in [0.15, 0.2) is 0 Å². The van der Waals surface area contributed by atoms with Crippen LogP contribution in [0.3, 0.4) is 0 Å². The van der Waals surface area contributed by atoms with Gasteiger partial charge in [0.1, 0.15) is 23.0 Å². The average molecular weight is 268 g/mol. The first-order valence-electron chi connectivity index (χ1n) is 4.27. The van der Waals surface area contributed by atoms with Gasteiger partial charge in [0.25, 0.3) is 0 Å². The summed E-state index contributed by atoms with van der Waals surface area (Å²) in [6.45, 7) is 0.914. The fourth-order valence-electron chi connectivity index (χ4n) is 2.19. The maximum Gasteiger partial charge on any atom is 0.109 e. The van der Waals surface area contributed by atoms with Gasteiger partial charge in [-0.05, 0) is 31.6 Å².